The number of fused-ring (bicyclic) bond motifs is 1. The Balaban J connectivity index is 1.64. The van der Waals surface area contributed by atoms with Crippen molar-refractivity contribution in [3.63, 3.8) is 0 Å². The van der Waals surface area contributed by atoms with Crippen LogP contribution >= 0.6 is 15.9 Å². The van der Waals surface area contributed by atoms with Gasteiger partial charge < -0.3 is 14.5 Å². The van der Waals surface area contributed by atoms with Crippen LogP contribution in [0.3, 0.4) is 0 Å². The highest BCUT2D eigenvalue weighted by atomic mass is 79.9. The van der Waals surface area contributed by atoms with Gasteiger partial charge in [0.25, 0.3) is 0 Å². The van der Waals surface area contributed by atoms with E-state index in [1.54, 1.807) is 19.1 Å². The van der Waals surface area contributed by atoms with Gasteiger partial charge in [0.05, 0.1) is 0 Å². The van der Waals surface area contributed by atoms with E-state index in [9.17, 15) is 9.59 Å². The summed E-state index contributed by atoms with van der Waals surface area (Å²) in [4.78, 5) is 27.9. The molecule has 0 fully saturated rings. The van der Waals surface area contributed by atoms with Crippen molar-refractivity contribution in [3.8, 4) is 5.75 Å². The monoisotopic (exact) mass is 415 g/mol. The molecule has 1 atom stereocenters. The number of ether oxygens (including phenoxy) is 2. The molecule has 0 aliphatic carbocycles. The second-order valence-corrected chi connectivity index (χ2v) is 6.83. The maximum absolute atomic E-state index is 12.7. The summed E-state index contributed by atoms with van der Waals surface area (Å²) >= 11 is 3.33. The third-order valence-corrected chi connectivity index (χ3v) is 4.52. The van der Waals surface area contributed by atoms with Crippen molar-refractivity contribution in [3.05, 3.63) is 64.3 Å². The Hall–Kier alpha value is -2.60. The Morgan fingerprint density at radius 3 is 2.54 bits per heavy atom. The fourth-order valence-corrected chi connectivity index (χ4v) is 3.02. The zero-order valence-electron chi connectivity index (χ0n) is 14.4. The zero-order chi connectivity index (χ0) is 18.7. The molecule has 0 radical (unpaired) electrons. The molecule has 0 bridgehead atoms. The lowest BCUT2D eigenvalue weighted by Crippen LogP contribution is -2.27. The van der Waals surface area contributed by atoms with Gasteiger partial charge in [0.15, 0.2) is 12.7 Å². The van der Waals surface area contributed by atoms with Gasteiger partial charge in [0.1, 0.15) is 5.75 Å². The fourth-order valence-electron chi connectivity index (χ4n) is 2.76. The number of aromatic nitrogens is 1. The third-order valence-electron chi connectivity index (χ3n) is 3.99. The Morgan fingerprint density at radius 1 is 1.12 bits per heavy atom. The highest BCUT2D eigenvalue weighted by Gasteiger charge is 2.24. The highest BCUT2D eigenvalue weighted by molar-refractivity contribution is 9.10. The first kappa shape index (κ1) is 18.2. The molecule has 1 heterocycles. The lowest BCUT2D eigenvalue weighted by atomic mass is 10.0. The van der Waals surface area contributed by atoms with Crippen molar-refractivity contribution < 1.29 is 19.1 Å². The van der Waals surface area contributed by atoms with Crippen molar-refractivity contribution in [1.29, 1.82) is 0 Å². The normalized spacial score (nSPS) is 12.0. The number of carbonyl (C=O) groups excluding carboxylic acids is 2. The van der Waals surface area contributed by atoms with E-state index in [4.69, 9.17) is 9.47 Å². The van der Waals surface area contributed by atoms with Crippen molar-refractivity contribution in [2.45, 2.75) is 20.0 Å². The van der Waals surface area contributed by atoms with E-state index in [0.29, 0.717) is 11.3 Å². The molecule has 0 saturated heterocycles. The van der Waals surface area contributed by atoms with E-state index >= 15 is 0 Å². The number of Topliss-reactive ketones (excluding diaryl/α,β-unsaturated/α-hetero) is 1. The Labute approximate surface area is 159 Å². The number of carbonyl (C=O) groups is 2. The topological polar surface area (TPSA) is 68.4 Å². The summed E-state index contributed by atoms with van der Waals surface area (Å²) < 4.78 is 11.5. The number of benzene rings is 2. The van der Waals surface area contributed by atoms with Crippen LogP contribution in [0.2, 0.25) is 0 Å². The van der Waals surface area contributed by atoms with Crippen LogP contribution in [-0.4, -0.2) is 29.4 Å². The number of ketones is 1. The van der Waals surface area contributed by atoms with Crippen LogP contribution in [-0.2, 0) is 9.53 Å². The maximum Gasteiger partial charge on any atom is 0.344 e. The summed E-state index contributed by atoms with van der Waals surface area (Å²) in [5, 5.41) is 0.823. The predicted octanol–water partition coefficient (Wildman–Crippen LogP) is 4.43. The summed E-state index contributed by atoms with van der Waals surface area (Å²) in [6, 6.07) is 14.6. The molecule has 0 aliphatic heterocycles. The minimum atomic E-state index is -0.895. The smallest absolute Gasteiger partial charge is 0.344 e. The summed E-state index contributed by atoms with van der Waals surface area (Å²) in [7, 11) is 0. The number of para-hydroxylation sites is 1. The van der Waals surface area contributed by atoms with Crippen LogP contribution in [0.15, 0.2) is 53.0 Å². The Kier molecular flexibility index (Phi) is 5.42. The van der Waals surface area contributed by atoms with Crippen LogP contribution in [0.25, 0.3) is 10.9 Å². The summed E-state index contributed by atoms with van der Waals surface area (Å²) in [6.07, 6.45) is -0.895. The quantitative estimate of drug-likeness (QED) is 0.477. The molecule has 26 heavy (non-hydrogen) atoms. The van der Waals surface area contributed by atoms with Gasteiger partial charge in [0.2, 0.25) is 5.78 Å². The first-order chi connectivity index (χ1) is 12.5. The lowest BCUT2D eigenvalue weighted by Gasteiger charge is -2.13. The largest absolute Gasteiger partial charge is 0.482 e. The van der Waals surface area contributed by atoms with Gasteiger partial charge >= 0.3 is 5.97 Å². The molecule has 3 rings (SSSR count). The third kappa shape index (κ3) is 3.96. The lowest BCUT2D eigenvalue weighted by molar-refractivity contribution is -0.148. The second kappa shape index (κ2) is 7.74. The number of rotatable bonds is 6. The molecule has 0 saturated carbocycles. The molecule has 134 valence electrons. The van der Waals surface area contributed by atoms with Crippen LogP contribution in [0.1, 0.15) is 23.0 Å². The molecule has 0 amide bonds. The minimum Gasteiger partial charge on any atom is -0.482 e. The molecule has 0 unspecified atom stereocenters. The molecule has 2 aromatic carbocycles. The molecule has 5 nitrogen and oxygen atoms in total. The average Bonchev–Trinajstić information content (AvgIpc) is 2.96. The number of esters is 1. The standard InChI is InChI=1S/C20H18BrNO4/c1-12-19(16-5-3-4-6-17(16)22-12)20(24)13(2)26-18(23)11-25-15-9-7-14(21)8-10-15/h3-10,13,22H,11H2,1-2H3/t13-/m0/s1. The second-order valence-electron chi connectivity index (χ2n) is 5.91. The van der Waals surface area contributed by atoms with Crippen molar-refractivity contribution in [1.82, 2.24) is 4.98 Å². The Bertz CT molecular complexity index is 946. The van der Waals surface area contributed by atoms with Crippen LogP contribution in [0, 0.1) is 6.92 Å². The summed E-state index contributed by atoms with van der Waals surface area (Å²) in [5.74, 6) is -0.278. The van der Waals surface area contributed by atoms with E-state index in [0.717, 1.165) is 21.1 Å². The van der Waals surface area contributed by atoms with Crippen molar-refractivity contribution in [2.24, 2.45) is 0 Å². The average molecular weight is 416 g/mol. The first-order valence-electron chi connectivity index (χ1n) is 8.15. The number of H-pyrrole nitrogens is 1. The SMILES string of the molecule is Cc1[nH]c2ccccc2c1C(=O)[C@H](C)OC(=O)COc1ccc(Br)cc1. The zero-order valence-corrected chi connectivity index (χ0v) is 16.0. The van der Waals surface area contributed by atoms with Crippen molar-refractivity contribution in [2.75, 3.05) is 6.61 Å². The number of nitrogens with one attached hydrogen (secondary N) is 1. The van der Waals surface area contributed by atoms with Gasteiger partial charge in [-0.3, -0.25) is 4.79 Å². The highest BCUT2D eigenvalue weighted by Crippen LogP contribution is 2.24. The molecular formula is C20H18BrNO4. The summed E-state index contributed by atoms with van der Waals surface area (Å²) in [5.41, 5.74) is 2.19. The van der Waals surface area contributed by atoms with Crippen molar-refractivity contribution >= 4 is 38.6 Å². The molecular weight excluding hydrogens is 398 g/mol. The molecule has 3 aromatic rings. The number of aryl methyl sites for hydroxylation is 1. The molecule has 1 N–H and O–H groups in total. The van der Waals surface area contributed by atoms with E-state index < -0.39 is 12.1 Å². The van der Waals surface area contributed by atoms with Crippen LogP contribution in [0.4, 0.5) is 0 Å². The number of hydrogen-bond donors (Lipinski definition) is 1. The minimum absolute atomic E-state index is 0.239. The van der Waals surface area contributed by atoms with E-state index in [1.165, 1.54) is 0 Å². The summed E-state index contributed by atoms with van der Waals surface area (Å²) in [6.45, 7) is 3.14. The fraction of sp³-hybridized carbons (Fsp3) is 0.200. The van der Waals surface area contributed by atoms with E-state index in [-0.39, 0.29) is 12.4 Å². The van der Waals surface area contributed by atoms with Gasteiger partial charge in [-0.25, -0.2) is 4.79 Å². The Morgan fingerprint density at radius 2 is 1.81 bits per heavy atom. The van der Waals surface area contributed by atoms with Gasteiger partial charge in [-0.2, -0.15) is 0 Å². The number of aromatic amines is 1. The van der Waals surface area contributed by atoms with E-state index in [2.05, 4.69) is 20.9 Å². The predicted molar refractivity (Wildman–Crippen MR) is 103 cm³/mol. The van der Waals surface area contributed by atoms with Gasteiger partial charge in [-0.05, 0) is 44.2 Å². The van der Waals surface area contributed by atoms with Gasteiger partial charge in [-0.15, -0.1) is 0 Å². The van der Waals surface area contributed by atoms with Gasteiger partial charge in [0, 0.05) is 26.6 Å². The molecule has 0 spiro atoms. The van der Waals surface area contributed by atoms with Crippen LogP contribution < -0.4 is 4.74 Å². The van der Waals surface area contributed by atoms with Gasteiger partial charge in [-0.1, -0.05) is 34.1 Å². The number of hydrogen-bond acceptors (Lipinski definition) is 4. The number of halogens is 1. The van der Waals surface area contributed by atoms with E-state index in [1.807, 2.05) is 43.3 Å². The first-order valence-corrected chi connectivity index (χ1v) is 8.94. The molecule has 6 heteroatoms. The van der Waals surface area contributed by atoms with Crippen LogP contribution in [0.5, 0.6) is 5.75 Å². The molecule has 0 aliphatic rings. The maximum atomic E-state index is 12.7. The molecule has 1 aromatic heterocycles.